The van der Waals surface area contributed by atoms with Crippen LogP contribution < -0.4 is 14.8 Å². The SMILES string of the molecule is COc1ccccc1Nc1nc2ccccc2nc1NS(=O)(=O)c1ccccc1. The molecule has 0 aliphatic heterocycles. The highest BCUT2D eigenvalue weighted by Crippen LogP contribution is 2.31. The van der Waals surface area contributed by atoms with E-state index in [1.165, 1.54) is 12.1 Å². The molecule has 0 aliphatic carbocycles. The van der Waals surface area contributed by atoms with Gasteiger partial charge in [-0.25, -0.2) is 18.4 Å². The Hall–Kier alpha value is -3.65. The van der Waals surface area contributed by atoms with Crippen LogP contribution in [0.3, 0.4) is 0 Å². The summed E-state index contributed by atoms with van der Waals surface area (Å²) < 4.78 is 33.6. The van der Waals surface area contributed by atoms with Gasteiger partial charge >= 0.3 is 0 Å². The molecule has 8 heteroatoms. The Morgan fingerprint density at radius 3 is 2.03 bits per heavy atom. The van der Waals surface area contributed by atoms with E-state index in [2.05, 4.69) is 20.0 Å². The quantitative estimate of drug-likeness (QED) is 0.499. The van der Waals surface area contributed by atoms with E-state index in [-0.39, 0.29) is 16.5 Å². The van der Waals surface area contributed by atoms with Crippen LogP contribution in [0.25, 0.3) is 11.0 Å². The fourth-order valence-corrected chi connectivity index (χ4v) is 3.85. The van der Waals surface area contributed by atoms with Crippen LogP contribution in [0.2, 0.25) is 0 Å². The summed E-state index contributed by atoms with van der Waals surface area (Å²) in [5.74, 6) is 0.963. The van der Waals surface area contributed by atoms with E-state index in [1.807, 2.05) is 36.4 Å². The number of methoxy groups -OCH3 is 1. The van der Waals surface area contributed by atoms with Crippen molar-refractivity contribution >= 4 is 38.4 Å². The molecule has 0 aliphatic rings. The van der Waals surface area contributed by atoms with Crippen molar-refractivity contribution in [3.8, 4) is 5.75 Å². The van der Waals surface area contributed by atoms with Crippen LogP contribution in [0.4, 0.5) is 17.3 Å². The molecular formula is C21H18N4O3S. The van der Waals surface area contributed by atoms with Crippen molar-refractivity contribution in [2.75, 3.05) is 17.1 Å². The maximum atomic E-state index is 12.8. The zero-order chi connectivity index (χ0) is 20.3. The number of benzene rings is 3. The normalized spacial score (nSPS) is 11.2. The van der Waals surface area contributed by atoms with E-state index >= 15 is 0 Å². The predicted octanol–water partition coefficient (Wildman–Crippen LogP) is 4.18. The highest BCUT2D eigenvalue weighted by Gasteiger charge is 2.19. The van der Waals surface area contributed by atoms with E-state index in [9.17, 15) is 8.42 Å². The molecule has 0 unspecified atom stereocenters. The first-order valence-corrected chi connectivity index (χ1v) is 10.3. The summed E-state index contributed by atoms with van der Waals surface area (Å²) in [7, 11) is -2.28. The van der Waals surface area contributed by atoms with Crippen LogP contribution in [0, 0.1) is 0 Å². The number of nitrogens with zero attached hydrogens (tertiary/aromatic N) is 2. The number of para-hydroxylation sites is 4. The summed E-state index contributed by atoms with van der Waals surface area (Å²) >= 11 is 0. The van der Waals surface area contributed by atoms with E-state index in [4.69, 9.17) is 4.74 Å². The standard InChI is InChI=1S/C21H18N4O3S/c1-28-19-14-8-7-13-18(19)24-20-21(23-17-12-6-5-11-16(17)22-20)25-29(26,27)15-9-3-2-4-10-15/h2-14H,1H3,(H,22,24)(H,23,25). The molecule has 1 aromatic heterocycles. The molecule has 0 spiro atoms. The molecule has 1 heterocycles. The molecule has 2 N–H and O–H groups in total. The molecule has 0 bridgehead atoms. The van der Waals surface area contributed by atoms with Crippen LogP contribution in [-0.4, -0.2) is 25.5 Å². The third kappa shape index (κ3) is 3.97. The molecule has 0 amide bonds. The lowest BCUT2D eigenvalue weighted by molar-refractivity contribution is 0.417. The number of anilines is 3. The van der Waals surface area contributed by atoms with Gasteiger partial charge in [0.15, 0.2) is 11.6 Å². The number of aromatic nitrogens is 2. The minimum Gasteiger partial charge on any atom is -0.495 e. The van der Waals surface area contributed by atoms with Crippen molar-refractivity contribution in [3.63, 3.8) is 0 Å². The maximum absolute atomic E-state index is 12.8. The Kier molecular flexibility index (Phi) is 5.01. The summed E-state index contributed by atoms with van der Waals surface area (Å²) in [4.78, 5) is 9.19. The highest BCUT2D eigenvalue weighted by atomic mass is 32.2. The average molecular weight is 406 g/mol. The van der Waals surface area contributed by atoms with Crippen molar-refractivity contribution in [1.29, 1.82) is 0 Å². The zero-order valence-corrected chi connectivity index (χ0v) is 16.3. The van der Waals surface area contributed by atoms with Gasteiger partial charge in [-0.05, 0) is 36.4 Å². The van der Waals surface area contributed by atoms with E-state index in [0.29, 0.717) is 22.5 Å². The van der Waals surface area contributed by atoms with Gasteiger partial charge in [-0.15, -0.1) is 0 Å². The number of sulfonamides is 1. The first-order chi connectivity index (χ1) is 14.1. The first-order valence-electron chi connectivity index (χ1n) is 8.81. The second kappa shape index (κ2) is 7.76. The third-order valence-electron chi connectivity index (χ3n) is 4.22. The summed E-state index contributed by atoms with van der Waals surface area (Å²) in [6.07, 6.45) is 0. The molecule has 4 rings (SSSR count). The van der Waals surface area contributed by atoms with Gasteiger partial charge in [0.1, 0.15) is 5.75 Å². The maximum Gasteiger partial charge on any atom is 0.263 e. The molecule has 29 heavy (non-hydrogen) atoms. The van der Waals surface area contributed by atoms with Gasteiger partial charge in [0.2, 0.25) is 0 Å². The molecule has 0 saturated heterocycles. The predicted molar refractivity (Wildman–Crippen MR) is 113 cm³/mol. The number of fused-ring (bicyclic) bond motifs is 1. The van der Waals surface area contributed by atoms with Crippen LogP contribution in [0.1, 0.15) is 0 Å². The molecule has 7 nitrogen and oxygen atoms in total. The topological polar surface area (TPSA) is 93.2 Å². The molecule has 0 radical (unpaired) electrons. The zero-order valence-electron chi connectivity index (χ0n) is 15.5. The summed E-state index contributed by atoms with van der Waals surface area (Å²) in [5, 5.41) is 3.13. The van der Waals surface area contributed by atoms with Crippen molar-refractivity contribution in [3.05, 3.63) is 78.9 Å². The first kappa shape index (κ1) is 18.7. The fourth-order valence-electron chi connectivity index (χ4n) is 2.82. The van der Waals surface area contributed by atoms with Gasteiger partial charge in [-0.1, -0.05) is 42.5 Å². The Morgan fingerprint density at radius 2 is 1.34 bits per heavy atom. The van der Waals surface area contributed by atoms with Gasteiger partial charge in [-0.3, -0.25) is 4.72 Å². The number of ether oxygens (including phenoxy) is 1. The molecule has 3 aromatic carbocycles. The summed E-state index contributed by atoms with van der Waals surface area (Å²) in [6, 6.07) is 22.7. The average Bonchev–Trinajstić information content (AvgIpc) is 2.75. The molecule has 4 aromatic rings. The molecule has 0 fully saturated rings. The van der Waals surface area contributed by atoms with Crippen LogP contribution >= 0.6 is 0 Å². The minimum atomic E-state index is -3.84. The van der Waals surface area contributed by atoms with E-state index in [0.717, 1.165) is 0 Å². The highest BCUT2D eigenvalue weighted by molar-refractivity contribution is 7.92. The van der Waals surface area contributed by atoms with Gasteiger partial charge in [0.25, 0.3) is 10.0 Å². The lowest BCUT2D eigenvalue weighted by atomic mass is 10.3. The Morgan fingerprint density at radius 1 is 0.759 bits per heavy atom. The van der Waals surface area contributed by atoms with Crippen LogP contribution in [0.15, 0.2) is 83.8 Å². The smallest absolute Gasteiger partial charge is 0.263 e. The molecular weight excluding hydrogens is 388 g/mol. The van der Waals surface area contributed by atoms with Gasteiger partial charge in [0.05, 0.1) is 28.7 Å². The van der Waals surface area contributed by atoms with Crippen molar-refractivity contribution in [1.82, 2.24) is 9.97 Å². The lowest BCUT2D eigenvalue weighted by Gasteiger charge is -2.15. The summed E-state index contributed by atoms with van der Waals surface area (Å²) in [5.41, 5.74) is 1.84. The van der Waals surface area contributed by atoms with Crippen molar-refractivity contribution in [2.45, 2.75) is 4.90 Å². The second-order valence-corrected chi connectivity index (χ2v) is 7.84. The Labute approximate surface area is 168 Å². The Balaban J connectivity index is 1.80. The van der Waals surface area contributed by atoms with Gasteiger partial charge < -0.3 is 10.1 Å². The Bertz CT molecular complexity index is 1260. The minimum absolute atomic E-state index is 0.0958. The van der Waals surface area contributed by atoms with Gasteiger partial charge in [0, 0.05) is 0 Å². The molecule has 0 saturated carbocycles. The number of hydrogen-bond donors (Lipinski definition) is 2. The summed E-state index contributed by atoms with van der Waals surface area (Å²) in [6.45, 7) is 0. The van der Waals surface area contributed by atoms with Crippen molar-refractivity contribution in [2.24, 2.45) is 0 Å². The monoisotopic (exact) mass is 406 g/mol. The van der Waals surface area contributed by atoms with Crippen molar-refractivity contribution < 1.29 is 13.2 Å². The second-order valence-electron chi connectivity index (χ2n) is 6.15. The largest absolute Gasteiger partial charge is 0.495 e. The number of nitrogens with one attached hydrogen (secondary N) is 2. The van der Waals surface area contributed by atoms with Gasteiger partial charge in [-0.2, -0.15) is 0 Å². The molecule has 0 atom stereocenters. The number of hydrogen-bond acceptors (Lipinski definition) is 6. The lowest BCUT2D eigenvalue weighted by Crippen LogP contribution is -2.16. The number of rotatable bonds is 6. The van der Waals surface area contributed by atoms with E-state index < -0.39 is 10.0 Å². The third-order valence-corrected chi connectivity index (χ3v) is 5.57. The van der Waals surface area contributed by atoms with E-state index in [1.54, 1.807) is 37.4 Å². The van der Waals surface area contributed by atoms with Crippen LogP contribution in [0.5, 0.6) is 5.75 Å². The fraction of sp³-hybridized carbons (Fsp3) is 0.0476. The molecule has 146 valence electrons. The van der Waals surface area contributed by atoms with Crippen LogP contribution in [-0.2, 0) is 10.0 Å².